The van der Waals surface area contributed by atoms with Gasteiger partial charge in [0, 0.05) is 31.7 Å². The van der Waals surface area contributed by atoms with E-state index >= 15 is 0 Å². The van der Waals surface area contributed by atoms with Crippen LogP contribution in [-0.4, -0.2) is 4.98 Å². The van der Waals surface area contributed by atoms with Crippen LogP contribution in [0.15, 0.2) is 49.9 Å². The van der Waals surface area contributed by atoms with Crippen LogP contribution in [-0.2, 0) is 6.42 Å². The van der Waals surface area contributed by atoms with E-state index in [0.29, 0.717) is 0 Å². The third-order valence-electron chi connectivity index (χ3n) is 2.74. The summed E-state index contributed by atoms with van der Waals surface area (Å²) in [5.41, 5.74) is 4.94. The van der Waals surface area contributed by atoms with Crippen LogP contribution >= 0.6 is 47.8 Å². The fraction of sp³-hybridized carbons (Fsp3) is 0.154. The van der Waals surface area contributed by atoms with Gasteiger partial charge in [-0.25, -0.2) is 0 Å². The minimum atomic E-state index is 0.0103. The summed E-state index contributed by atoms with van der Waals surface area (Å²) in [6.45, 7) is 0. The van der Waals surface area contributed by atoms with E-state index in [1.54, 1.807) is 6.20 Å². The maximum atomic E-state index is 5.67. The van der Waals surface area contributed by atoms with E-state index in [1.807, 2.05) is 30.3 Å². The molecule has 2 aromatic rings. The summed E-state index contributed by atoms with van der Waals surface area (Å²) >= 11 is 10.4. The van der Waals surface area contributed by atoms with E-state index < -0.39 is 0 Å². The summed E-state index contributed by atoms with van der Waals surface area (Å²) in [7, 11) is 0. The largest absolute Gasteiger partial charge is 0.271 e. The second kappa shape index (κ2) is 6.95. The van der Waals surface area contributed by atoms with Gasteiger partial charge >= 0.3 is 0 Å². The number of halogens is 3. The van der Waals surface area contributed by atoms with Crippen LogP contribution in [0.2, 0.25) is 0 Å². The average Bonchev–Trinajstić information content (AvgIpc) is 2.39. The zero-order valence-electron chi connectivity index (χ0n) is 9.91. The minimum Gasteiger partial charge on any atom is -0.271 e. The first-order valence-electron chi connectivity index (χ1n) is 5.61. The predicted octanol–water partition coefficient (Wildman–Crippen LogP) is 4.12. The van der Waals surface area contributed by atoms with Crippen LogP contribution < -0.4 is 11.3 Å². The van der Waals surface area contributed by atoms with E-state index in [0.717, 1.165) is 31.1 Å². The van der Waals surface area contributed by atoms with Crippen molar-refractivity contribution in [2.24, 2.45) is 5.84 Å². The second-order valence-electron chi connectivity index (χ2n) is 4.06. The molecule has 3 N–H and O–H groups in total. The molecule has 2 rings (SSSR count). The van der Waals surface area contributed by atoms with Gasteiger partial charge in [-0.1, -0.05) is 37.9 Å². The molecule has 1 aromatic carbocycles. The fourth-order valence-corrected chi connectivity index (χ4v) is 3.34. The smallest absolute Gasteiger partial charge is 0.0526 e. The molecule has 6 heteroatoms. The molecule has 0 fully saturated rings. The summed E-state index contributed by atoms with van der Waals surface area (Å²) in [4.78, 5) is 4.37. The highest BCUT2D eigenvalue weighted by Gasteiger charge is 2.14. The summed E-state index contributed by atoms with van der Waals surface area (Å²) in [5, 5.41) is 0. The number of nitrogens with two attached hydrogens (primary N) is 1. The summed E-state index contributed by atoms with van der Waals surface area (Å²) < 4.78 is 3.01. The Morgan fingerprint density at radius 3 is 2.42 bits per heavy atom. The van der Waals surface area contributed by atoms with Gasteiger partial charge in [0.15, 0.2) is 0 Å². The van der Waals surface area contributed by atoms with Crippen molar-refractivity contribution in [3.05, 3.63) is 61.2 Å². The van der Waals surface area contributed by atoms with Crippen molar-refractivity contribution < 1.29 is 0 Å². The summed E-state index contributed by atoms with van der Waals surface area (Å²) in [6.07, 6.45) is 2.52. The topological polar surface area (TPSA) is 50.9 Å². The third kappa shape index (κ3) is 4.10. The van der Waals surface area contributed by atoms with Gasteiger partial charge in [0.2, 0.25) is 0 Å². The van der Waals surface area contributed by atoms with Crippen LogP contribution in [0.3, 0.4) is 0 Å². The number of benzene rings is 1. The number of pyridine rings is 1. The number of rotatable bonds is 4. The van der Waals surface area contributed by atoms with Crippen molar-refractivity contribution in [3.8, 4) is 0 Å². The first-order valence-corrected chi connectivity index (χ1v) is 7.99. The van der Waals surface area contributed by atoms with Crippen molar-refractivity contribution in [3.63, 3.8) is 0 Å². The molecule has 1 aromatic heterocycles. The summed E-state index contributed by atoms with van der Waals surface area (Å²) in [6, 6.07) is 10.0. The number of hydrogen-bond acceptors (Lipinski definition) is 3. The normalized spacial score (nSPS) is 12.4. The highest BCUT2D eigenvalue weighted by atomic mass is 79.9. The van der Waals surface area contributed by atoms with E-state index in [-0.39, 0.29) is 6.04 Å². The molecule has 19 heavy (non-hydrogen) atoms. The number of nitrogens with zero attached hydrogens (tertiary/aromatic N) is 1. The van der Waals surface area contributed by atoms with Crippen molar-refractivity contribution in [1.29, 1.82) is 0 Å². The molecule has 0 saturated carbocycles. The maximum Gasteiger partial charge on any atom is 0.0526 e. The van der Waals surface area contributed by atoms with Crippen molar-refractivity contribution in [2.75, 3.05) is 0 Å². The van der Waals surface area contributed by atoms with Gasteiger partial charge in [-0.3, -0.25) is 16.3 Å². The quantitative estimate of drug-likeness (QED) is 0.545. The Hall–Kier alpha value is -0.270. The Kier molecular flexibility index (Phi) is 5.53. The lowest BCUT2D eigenvalue weighted by atomic mass is 10.0. The number of aromatic nitrogens is 1. The van der Waals surface area contributed by atoms with Crippen LogP contribution in [0.4, 0.5) is 0 Å². The molecule has 0 amide bonds. The number of hydrazine groups is 1. The molecule has 100 valence electrons. The van der Waals surface area contributed by atoms with E-state index in [2.05, 4.69) is 58.2 Å². The lowest BCUT2D eigenvalue weighted by Gasteiger charge is -2.17. The molecule has 1 heterocycles. The van der Waals surface area contributed by atoms with Crippen LogP contribution in [0.25, 0.3) is 0 Å². The van der Waals surface area contributed by atoms with Crippen LogP contribution in [0.1, 0.15) is 17.3 Å². The molecular weight excluding hydrogens is 438 g/mol. The van der Waals surface area contributed by atoms with E-state index in [1.165, 1.54) is 0 Å². The van der Waals surface area contributed by atoms with Crippen molar-refractivity contribution in [2.45, 2.75) is 12.5 Å². The lowest BCUT2D eigenvalue weighted by Crippen LogP contribution is -2.30. The molecule has 0 aliphatic heterocycles. The zero-order valence-corrected chi connectivity index (χ0v) is 14.7. The number of hydrogen-bond donors (Lipinski definition) is 2. The Labute approximate surface area is 137 Å². The van der Waals surface area contributed by atoms with Crippen LogP contribution in [0.5, 0.6) is 0 Å². The molecule has 0 aliphatic carbocycles. The second-order valence-corrected chi connectivity index (χ2v) is 6.74. The number of nitrogens with one attached hydrogen (secondary N) is 1. The molecule has 0 radical (unpaired) electrons. The third-order valence-corrected chi connectivity index (χ3v) is 4.39. The van der Waals surface area contributed by atoms with E-state index in [4.69, 9.17) is 5.84 Å². The first-order chi connectivity index (χ1) is 9.10. The Morgan fingerprint density at radius 2 is 1.84 bits per heavy atom. The monoisotopic (exact) mass is 447 g/mol. The van der Waals surface area contributed by atoms with Gasteiger partial charge in [-0.15, -0.1) is 0 Å². The highest BCUT2D eigenvalue weighted by molar-refractivity contribution is 9.11. The van der Waals surface area contributed by atoms with Gasteiger partial charge < -0.3 is 0 Å². The molecule has 1 atom stereocenters. The summed E-state index contributed by atoms with van der Waals surface area (Å²) in [5.74, 6) is 5.67. The first kappa shape index (κ1) is 15.1. The minimum absolute atomic E-state index is 0.0103. The molecular formula is C13H12Br3N3. The molecule has 0 saturated heterocycles. The maximum absolute atomic E-state index is 5.67. The van der Waals surface area contributed by atoms with Gasteiger partial charge in [-0.05, 0) is 45.8 Å². The van der Waals surface area contributed by atoms with Crippen molar-refractivity contribution in [1.82, 2.24) is 10.4 Å². The highest BCUT2D eigenvalue weighted by Crippen LogP contribution is 2.28. The Balaban J connectivity index is 2.22. The van der Waals surface area contributed by atoms with Gasteiger partial charge in [0.05, 0.1) is 6.04 Å². The average molecular weight is 450 g/mol. The molecule has 3 nitrogen and oxygen atoms in total. The Bertz CT molecular complexity index is 558. The SMILES string of the molecule is NNC(Cc1ccc(Br)cn1)c1ccc(Br)cc1Br. The standard InChI is InChI=1S/C13H12Br3N3/c14-8-2-4-11(12(16)5-8)13(19-17)6-10-3-1-9(15)7-18-10/h1-5,7,13,19H,6,17H2. The molecule has 0 bridgehead atoms. The predicted molar refractivity (Wildman–Crippen MR) is 87.5 cm³/mol. The molecule has 0 aliphatic rings. The van der Waals surface area contributed by atoms with Gasteiger partial charge in [0.1, 0.15) is 0 Å². The van der Waals surface area contributed by atoms with Gasteiger partial charge in [-0.2, -0.15) is 0 Å². The fourth-order valence-electron chi connectivity index (χ4n) is 1.78. The Morgan fingerprint density at radius 1 is 1.11 bits per heavy atom. The lowest BCUT2D eigenvalue weighted by molar-refractivity contribution is 0.544. The van der Waals surface area contributed by atoms with Gasteiger partial charge in [0.25, 0.3) is 0 Å². The molecule has 1 unspecified atom stereocenters. The van der Waals surface area contributed by atoms with Crippen LogP contribution in [0, 0.1) is 0 Å². The van der Waals surface area contributed by atoms with Crippen molar-refractivity contribution >= 4 is 47.8 Å². The zero-order chi connectivity index (χ0) is 13.8. The van der Waals surface area contributed by atoms with E-state index in [9.17, 15) is 0 Å². The molecule has 0 spiro atoms.